The fourth-order valence-corrected chi connectivity index (χ4v) is 2.35. The van der Waals surface area contributed by atoms with Crippen LogP contribution in [0.25, 0.3) is 0 Å². The Labute approximate surface area is 117 Å². The van der Waals surface area contributed by atoms with Gasteiger partial charge in [0.2, 0.25) is 0 Å². The van der Waals surface area contributed by atoms with E-state index < -0.39 is 10.1 Å². The molecule has 5 nitrogen and oxygen atoms in total. The van der Waals surface area contributed by atoms with Gasteiger partial charge in [-0.1, -0.05) is 23.4 Å². The summed E-state index contributed by atoms with van der Waals surface area (Å²) >= 11 is 0. The zero-order valence-electron chi connectivity index (χ0n) is 11.0. The molecule has 1 aromatic carbocycles. The first-order valence-electron chi connectivity index (χ1n) is 5.88. The number of benzene rings is 1. The highest BCUT2D eigenvalue weighted by molar-refractivity contribution is 7.86. The van der Waals surface area contributed by atoms with Gasteiger partial charge in [0.05, 0.1) is 0 Å². The Hall–Kier alpha value is -2.21. The Morgan fingerprint density at radius 1 is 1.00 bits per heavy atom. The van der Waals surface area contributed by atoms with Gasteiger partial charge in [-0.2, -0.15) is 8.42 Å². The third kappa shape index (κ3) is 3.03. The largest absolute Gasteiger partial charge is 0.358 e. The van der Waals surface area contributed by atoms with Gasteiger partial charge in [-0.3, -0.25) is 9.08 Å². The highest BCUT2D eigenvalue weighted by Crippen LogP contribution is 2.15. The number of ketones is 1. The molecule has 0 spiro atoms. The maximum atomic E-state index is 11.9. The van der Waals surface area contributed by atoms with Crippen LogP contribution in [0.3, 0.4) is 0 Å². The summed E-state index contributed by atoms with van der Waals surface area (Å²) in [6, 6.07) is 7.74. The van der Waals surface area contributed by atoms with Crippen LogP contribution in [-0.4, -0.2) is 19.9 Å². The van der Waals surface area contributed by atoms with Crippen molar-refractivity contribution >= 4 is 21.6 Å². The smallest absolute Gasteiger partial charge is 0.290 e. The normalized spacial score (nSPS) is 17.7. The van der Waals surface area contributed by atoms with Crippen LogP contribution in [0.1, 0.15) is 13.8 Å². The fraction of sp³-hybridized carbons (Fsp3) is 0.143. The van der Waals surface area contributed by atoms with E-state index in [0.717, 1.165) is 0 Å². The van der Waals surface area contributed by atoms with Crippen LogP contribution in [0.15, 0.2) is 63.7 Å². The molecule has 104 valence electrons. The first-order chi connectivity index (χ1) is 9.40. The van der Waals surface area contributed by atoms with Crippen LogP contribution in [0, 0.1) is 0 Å². The van der Waals surface area contributed by atoms with Crippen molar-refractivity contribution in [2.75, 3.05) is 0 Å². The topological polar surface area (TPSA) is 72.8 Å². The molecule has 0 amide bonds. The van der Waals surface area contributed by atoms with E-state index in [2.05, 4.69) is 9.44 Å². The van der Waals surface area contributed by atoms with E-state index in [4.69, 9.17) is 0 Å². The van der Waals surface area contributed by atoms with Crippen molar-refractivity contribution in [2.45, 2.75) is 18.7 Å². The van der Waals surface area contributed by atoms with Gasteiger partial charge in [0.25, 0.3) is 0 Å². The molecule has 0 bridgehead atoms. The molecular formula is C14H13NO4S. The molecule has 1 aromatic rings. The predicted molar refractivity (Wildman–Crippen MR) is 74.7 cm³/mol. The van der Waals surface area contributed by atoms with E-state index >= 15 is 0 Å². The monoisotopic (exact) mass is 291 g/mol. The molecule has 6 heteroatoms. The first-order valence-corrected chi connectivity index (χ1v) is 7.29. The number of hydrogen-bond acceptors (Lipinski definition) is 5. The van der Waals surface area contributed by atoms with E-state index in [1.165, 1.54) is 24.3 Å². The Bertz CT molecular complexity index is 728. The number of carbonyl (C=O) groups is 1. The zero-order valence-corrected chi connectivity index (χ0v) is 11.8. The third-order valence-corrected chi connectivity index (χ3v) is 3.88. The average molecular weight is 291 g/mol. The summed E-state index contributed by atoms with van der Waals surface area (Å²) in [6.07, 6.45) is 2.89. The molecule has 20 heavy (non-hydrogen) atoms. The molecule has 0 heterocycles. The van der Waals surface area contributed by atoms with Crippen molar-refractivity contribution in [2.24, 2.45) is 5.16 Å². The SMILES string of the molecule is CC1=C/C(=N/OS(=O)(=O)c2ccccc2)C(C)=CC1=O. The molecule has 0 saturated heterocycles. The summed E-state index contributed by atoms with van der Waals surface area (Å²) in [5, 5.41) is 3.63. The summed E-state index contributed by atoms with van der Waals surface area (Å²) in [5.74, 6) is -0.118. The standard InChI is InChI=1S/C14H13NO4S/c1-10-9-14(16)11(2)8-13(10)15-19-20(17,18)12-6-4-3-5-7-12/h3-9H,1-2H3/b15-13-. The second-order valence-corrected chi connectivity index (χ2v) is 5.87. The molecule has 1 aliphatic rings. The van der Waals surface area contributed by atoms with Crippen LogP contribution < -0.4 is 0 Å². The van der Waals surface area contributed by atoms with Gasteiger partial charge in [-0.05, 0) is 49.3 Å². The highest BCUT2D eigenvalue weighted by atomic mass is 32.2. The predicted octanol–water partition coefficient (Wildman–Crippen LogP) is 2.22. The van der Waals surface area contributed by atoms with Crippen LogP contribution in [0.5, 0.6) is 0 Å². The minimum absolute atomic E-state index is 0.0265. The summed E-state index contributed by atoms with van der Waals surface area (Å²) < 4.78 is 28.5. The Morgan fingerprint density at radius 2 is 1.65 bits per heavy atom. The Morgan fingerprint density at radius 3 is 2.30 bits per heavy atom. The van der Waals surface area contributed by atoms with Crippen molar-refractivity contribution < 1.29 is 17.5 Å². The molecule has 2 rings (SSSR count). The molecule has 0 atom stereocenters. The maximum Gasteiger partial charge on any atom is 0.358 e. The molecule has 0 N–H and O–H groups in total. The third-order valence-electron chi connectivity index (χ3n) is 2.76. The van der Waals surface area contributed by atoms with Gasteiger partial charge in [-0.15, -0.1) is 0 Å². The summed E-state index contributed by atoms with van der Waals surface area (Å²) in [4.78, 5) is 11.4. The van der Waals surface area contributed by atoms with Crippen LogP contribution in [0.2, 0.25) is 0 Å². The van der Waals surface area contributed by atoms with Crippen molar-refractivity contribution in [3.05, 3.63) is 53.6 Å². The van der Waals surface area contributed by atoms with E-state index in [1.807, 2.05) is 0 Å². The highest BCUT2D eigenvalue weighted by Gasteiger charge is 2.17. The van der Waals surface area contributed by atoms with Crippen LogP contribution in [0.4, 0.5) is 0 Å². The second kappa shape index (κ2) is 5.42. The molecule has 0 aromatic heterocycles. The minimum atomic E-state index is -3.94. The van der Waals surface area contributed by atoms with E-state index in [1.54, 1.807) is 32.0 Å². The fourth-order valence-electron chi connectivity index (χ4n) is 1.59. The van der Waals surface area contributed by atoms with E-state index in [0.29, 0.717) is 16.9 Å². The molecule has 0 aliphatic heterocycles. The maximum absolute atomic E-state index is 11.9. The molecule has 1 aliphatic carbocycles. The lowest BCUT2D eigenvalue weighted by atomic mass is 9.99. The summed E-state index contributed by atoms with van der Waals surface area (Å²) in [7, 11) is -3.94. The van der Waals surface area contributed by atoms with Gasteiger partial charge >= 0.3 is 10.1 Å². The van der Waals surface area contributed by atoms with E-state index in [9.17, 15) is 13.2 Å². The zero-order chi connectivity index (χ0) is 14.8. The lowest BCUT2D eigenvalue weighted by Gasteiger charge is -2.09. The number of rotatable bonds is 3. The second-order valence-electron chi connectivity index (χ2n) is 4.34. The number of allylic oxidation sites excluding steroid dienone is 4. The Balaban J connectivity index is 2.26. The summed E-state index contributed by atoms with van der Waals surface area (Å²) in [6.45, 7) is 3.30. The van der Waals surface area contributed by atoms with Crippen molar-refractivity contribution in [3.63, 3.8) is 0 Å². The Kier molecular flexibility index (Phi) is 3.85. The van der Waals surface area contributed by atoms with E-state index in [-0.39, 0.29) is 10.7 Å². The van der Waals surface area contributed by atoms with Gasteiger partial charge < -0.3 is 0 Å². The van der Waals surface area contributed by atoms with Crippen molar-refractivity contribution in [3.8, 4) is 0 Å². The average Bonchev–Trinajstić information content (AvgIpc) is 2.42. The quantitative estimate of drug-likeness (QED) is 0.632. The van der Waals surface area contributed by atoms with Crippen molar-refractivity contribution in [1.29, 1.82) is 0 Å². The molecule has 0 fully saturated rings. The molecule has 0 unspecified atom stereocenters. The number of hydrogen-bond donors (Lipinski definition) is 0. The number of oxime groups is 1. The number of nitrogens with zero attached hydrogens (tertiary/aromatic N) is 1. The minimum Gasteiger partial charge on any atom is -0.290 e. The number of carbonyl (C=O) groups excluding carboxylic acids is 1. The lowest BCUT2D eigenvalue weighted by Crippen LogP contribution is -2.12. The lowest BCUT2D eigenvalue weighted by molar-refractivity contribution is -0.111. The van der Waals surface area contributed by atoms with Gasteiger partial charge in [0, 0.05) is 0 Å². The van der Waals surface area contributed by atoms with Crippen molar-refractivity contribution in [1.82, 2.24) is 0 Å². The van der Waals surface area contributed by atoms with Crippen LogP contribution in [-0.2, 0) is 19.2 Å². The van der Waals surface area contributed by atoms with Gasteiger partial charge in [-0.25, -0.2) is 0 Å². The van der Waals surface area contributed by atoms with Gasteiger partial charge in [0.1, 0.15) is 10.6 Å². The molecule has 0 saturated carbocycles. The van der Waals surface area contributed by atoms with Crippen LogP contribution >= 0.6 is 0 Å². The molecular weight excluding hydrogens is 278 g/mol. The van der Waals surface area contributed by atoms with Gasteiger partial charge in [0.15, 0.2) is 5.78 Å². The first kappa shape index (κ1) is 14.2. The molecule has 0 radical (unpaired) electrons. The summed E-state index contributed by atoms with van der Waals surface area (Å²) in [5.41, 5.74) is 1.36.